The number of hydrogen-bond acceptors (Lipinski definition) is 5. The number of aromatic nitrogens is 4. The SMILES string of the molecule is CC(=O)Nc1ccc(NC(=O)Cn2cnc3c(cnn3-c3cccc(C(F)(F)F)c3)c2=O)cc1. The van der Waals surface area contributed by atoms with Gasteiger partial charge in [0, 0.05) is 18.3 Å². The van der Waals surface area contributed by atoms with Crippen molar-refractivity contribution in [2.75, 3.05) is 10.6 Å². The Morgan fingerprint density at radius 1 is 1.03 bits per heavy atom. The lowest BCUT2D eigenvalue weighted by Crippen LogP contribution is -2.27. The first kappa shape index (κ1) is 22.7. The van der Waals surface area contributed by atoms with Crippen molar-refractivity contribution in [3.05, 3.63) is 77.0 Å². The molecule has 2 heterocycles. The quantitative estimate of drug-likeness (QED) is 0.466. The maximum atomic E-state index is 13.0. The first-order valence-corrected chi connectivity index (χ1v) is 9.90. The molecule has 0 radical (unpaired) electrons. The average molecular weight is 470 g/mol. The zero-order chi connectivity index (χ0) is 24.5. The van der Waals surface area contributed by atoms with E-state index in [2.05, 4.69) is 20.7 Å². The van der Waals surface area contributed by atoms with Gasteiger partial charge in [-0.3, -0.25) is 19.0 Å². The Balaban J connectivity index is 1.54. The van der Waals surface area contributed by atoms with E-state index in [0.717, 1.165) is 27.7 Å². The number of rotatable bonds is 5. The van der Waals surface area contributed by atoms with Crippen molar-refractivity contribution in [3.63, 3.8) is 0 Å². The highest BCUT2D eigenvalue weighted by atomic mass is 19.4. The summed E-state index contributed by atoms with van der Waals surface area (Å²) in [6, 6.07) is 10.9. The van der Waals surface area contributed by atoms with Gasteiger partial charge >= 0.3 is 6.18 Å². The minimum atomic E-state index is -4.53. The predicted molar refractivity (Wildman–Crippen MR) is 118 cm³/mol. The van der Waals surface area contributed by atoms with E-state index in [1.807, 2.05) is 0 Å². The topological polar surface area (TPSA) is 111 Å². The fourth-order valence-electron chi connectivity index (χ4n) is 3.26. The second kappa shape index (κ2) is 8.81. The van der Waals surface area contributed by atoms with Crippen LogP contribution in [0.2, 0.25) is 0 Å². The van der Waals surface area contributed by atoms with E-state index in [-0.39, 0.29) is 29.2 Å². The van der Waals surface area contributed by atoms with Gasteiger partial charge in [0.1, 0.15) is 18.3 Å². The molecule has 0 spiro atoms. The van der Waals surface area contributed by atoms with Crippen LogP contribution in [0, 0.1) is 0 Å². The first-order chi connectivity index (χ1) is 16.1. The highest BCUT2D eigenvalue weighted by Crippen LogP contribution is 2.30. The van der Waals surface area contributed by atoms with Gasteiger partial charge in [0.15, 0.2) is 5.65 Å². The number of fused-ring (bicyclic) bond motifs is 1. The zero-order valence-electron chi connectivity index (χ0n) is 17.6. The molecule has 4 aromatic rings. The minimum absolute atomic E-state index is 0.0485. The number of halogens is 3. The van der Waals surface area contributed by atoms with Crippen LogP contribution >= 0.6 is 0 Å². The summed E-state index contributed by atoms with van der Waals surface area (Å²) in [4.78, 5) is 40.4. The third kappa shape index (κ3) is 4.80. The second-order valence-electron chi connectivity index (χ2n) is 7.33. The molecule has 2 N–H and O–H groups in total. The summed E-state index contributed by atoms with van der Waals surface area (Å²) in [5, 5.41) is 9.29. The van der Waals surface area contributed by atoms with Crippen LogP contribution in [-0.2, 0) is 22.3 Å². The van der Waals surface area contributed by atoms with Crippen molar-refractivity contribution in [2.24, 2.45) is 0 Å². The van der Waals surface area contributed by atoms with Gasteiger partial charge in [0.05, 0.1) is 17.4 Å². The van der Waals surface area contributed by atoms with E-state index in [4.69, 9.17) is 0 Å². The number of nitrogens with zero attached hydrogens (tertiary/aromatic N) is 4. The van der Waals surface area contributed by atoms with E-state index in [1.165, 1.54) is 25.3 Å². The molecule has 0 aliphatic rings. The first-order valence-electron chi connectivity index (χ1n) is 9.90. The van der Waals surface area contributed by atoms with Crippen LogP contribution in [0.5, 0.6) is 0 Å². The lowest BCUT2D eigenvalue weighted by atomic mass is 10.2. The average Bonchev–Trinajstić information content (AvgIpc) is 3.21. The fraction of sp³-hybridized carbons (Fsp3) is 0.136. The molecule has 0 aliphatic carbocycles. The van der Waals surface area contributed by atoms with Gasteiger partial charge in [-0.2, -0.15) is 18.3 Å². The van der Waals surface area contributed by atoms with Gasteiger partial charge in [-0.15, -0.1) is 0 Å². The van der Waals surface area contributed by atoms with Gasteiger partial charge in [0.2, 0.25) is 11.8 Å². The molecule has 9 nitrogen and oxygen atoms in total. The summed E-state index contributed by atoms with van der Waals surface area (Å²) in [6.45, 7) is 1.03. The lowest BCUT2D eigenvalue weighted by Gasteiger charge is -2.10. The second-order valence-corrected chi connectivity index (χ2v) is 7.33. The molecular weight excluding hydrogens is 453 g/mol. The number of benzene rings is 2. The maximum absolute atomic E-state index is 13.0. The summed E-state index contributed by atoms with van der Waals surface area (Å²) in [5.74, 6) is -0.726. The number of anilines is 2. The number of alkyl halides is 3. The van der Waals surface area contributed by atoms with Gasteiger partial charge in [-0.05, 0) is 42.5 Å². The third-order valence-electron chi connectivity index (χ3n) is 4.78. The van der Waals surface area contributed by atoms with Crippen LogP contribution in [0.25, 0.3) is 16.7 Å². The Kier molecular flexibility index (Phi) is 5.88. The van der Waals surface area contributed by atoms with Gasteiger partial charge in [0.25, 0.3) is 5.56 Å². The van der Waals surface area contributed by atoms with Crippen molar-refractivity contribution >= 4 is 34.2 Å². The summed E-state index contributed by atoms with van der Waals surface area (Å²) >= 11 is 0. The number of hydrogen-bond donors (Lipinski definition) is 2. The Hall–Kier alpha value is -4.48. The molecule has 0 saturated heterocycles. The van der Waals surface area contributed by atoms with Crippen molar-refractivity contribution in [3.8, 4) is 5.69 Å². The molecule has 174 valence electrons. The Bertz CT molecular complexity index is 1440. The summed E-state index contributed by atoms with van der Waals surface area (Å²) in [7, 11) is 0. The fourth-order valence-corrected chi connectivity index (χ4v) is 3.26. The normalized spacial score (nSPS) is 11.4. The van der Waals surface area contributed by atoms with E-state index in [0.29, 0.717) is 11.4 Å². The molecule has 12 heteroatoms. The van der Waals surface area contributed by atoms with Gasteiger partial charge < -0.3 is 10.6 Å². The van der Waals surface area contributed by atoms with Crippen molar-refractivity contribution in [1.29, 1.82) is 0 Å². The highest BCUT2D eigenvalue weighted by molar-refractivity contribution is 5.92. The number of amides is 2. The van der Waals surface area contributed by atoms with Crippen LogP contribution in [0.1, 0.15) is 12.5 Å². The molecule has 0 unspecified atom stereocenters. The molecule has 4 rings (SSSR count). The predicted octanol–water partition coefficient (Wildman–Crippen LogP) is 3.20. The smallest absolute Gasteiger partial charge is 0.326 e. The Labute approximate surface area is 189 Å². The summed E-state index contributed by atoms with van der Waals surface area (Å²) in [5.41, 5.74) is -0.250. The van der Waals surface area contributed by atoms with Crippen molar-refractivity contribution in [1.82, 2.24) is 19.3 Å². The number of carbonyl (C=O) groups is 2. The van der Waals surface area contributed by atoms with E-state index >= 15 is 0 Å². The van der Waals surface area contributed by atoms with Crippen molar-refractivity contribution in [2.45, 2.75) is 19.6 Å². The standard InChI is InChI=1S/C22H17F3N6O3/c1-13(32)28-15-5-7-16(8-6-15)29-19(33)11-30-12-26-20-18(21(30)34)10-27-31(20)17-4-2-3-14(9-17)22(23,24)25/h2-10,12H,11H2,1H3,(H,28,32)(H,29,33). The van der Waals surface area contributed by atoms with E-state index in [1.54, 1.807) is 24.3 Å². The van der Waals surface area contributed by atoms with Gasteiger partial charge in [-0.25, -0.2) is 9.67 Å². The largest absolute Gasteiger partial charge is 0.416 e. The van der Waals surface area contributed by atoms with Crippen LogP contribution in [-0.4, -0.2) is 31.1 Å². The van der Waals surface area contributed by atoms with Crippen LogP contribution in [0.15, 0.2) is 65.8 Å². The van der Waals surface area contributed by atoms with Crippen molar-refractivity contribution < 1.29 is 22.8 Å². The molecule has 0 atom stereocenters. The number of carbonyl (C=O) groups excluding carboxylic acids is 2. The van der Waals surface area contributed by atoms with Crippen LogP contribution in [0.3, 0.4) is 0 Å². The molecule has 0 saturated carbocycles. The molecule has 34 heavy (non-hydrogen) atoms. The Morgan fingerprint density at radius 3 is 2.35 bits per heavy atom. The van der Waals surface area contributed by atoms with Gasteiger partial charge in [-0.1, -0.05) is 6.07 Å². The minimum Gasteiger partial charge on any atom is -0.326 e. The molecule has 0 aliphatic heterocycles. The highest BCUT2D eigenvalue weighted by Gasteiger charge is 2.30. The molecule has 2 amide bonds. The molecule has 0 fully saturated rings. The maximum Gasteiger partial charge on any atom is 0.416 e. The number of nitrogens with one attached hydrogen (secondary N) is 2. The zero-order valence-corrected chi connectivity index (χ0v) is 17.6. The van der Waals surface area contributed by atoms with Crippen LogP contribution in [0.4, 0.5) is 24.5 Å². The monoisotopic (exact) mass is 470 g/mol. The van der Waals surface area contributed by atoms with E-state index < -0.39 is 23.2 Å². The van der Waals surface area contributed by atoms with Crippen LogP contribution < -0.4 is 16.2 Å². The molecule has 2 aromatic heterocycles. The van der Waals surface area contributed by atoms with E-state index in [9.17, 15) is 27.6 Å². The summed E-state index contributed by atoms with van der Waals surface area (Å²) in [6.07, 6.45) is -2.20. The third-order valence-corrected chi connectivity index (χ3v) is 4.78. The molecule has 2 aromatic carbocycles. The Morgan fingerprint density at radius 2 is 1.71 bits per heavy atom. The lowest BCUT2D eigenvalue weighted by molar-refractivity contribution is -0.137. The molecular formula is C22H17F3N6O3. The molecule has 0 bridgehead atoms. The summed E-state index contributed by atoms with van der Waals surface area (Å²) < 4.78 is 41.3.